The molecule has 0 atom stereocenters. The van der Waals surface area contributed by atoms with Gasteiger partial charge in [-0.3, -0.25) is 0 Å². The molecule has 1 saturated carbocycles. The average molecular weight is 330 g/mol. The Hall–Kier alpha value is -2.19. The molecule has 0 bridgehead atoms. The molecule has 0 radical (unpaired) electrons. The van der Waals surface area contributed by atoms with Crippen LogP contribution >= 0.6 is 7.82 Å². The molecule has 120 valence electrons. The van der Waals surface area contributed by atoms with Crippen LogP contribution in [0.2, 0.25) is 0 Å². The minimum absolute atomic E-state index is 0.224. The third kappa shape index (κ3) is 4.17. The Labute approximate surface area is 136 Å². The minimum atomic E-state index is -3.85. The molecule has 1 aliphatic rings. The highest BCUT2D eigenvalue weighted by Crippen LogP contribution is 2.53. The molecule has 1 aliphatic carbocycles. The van der Waals surface area contributed by atoms with E-state index in [9.17, 15) is 4.57 Å². The van der Waals surface area contributed by atoms with E-state index < -0.39 is 7.82 Å². The second-order valence-corrected chi connectivity index (χ2v) is 6.88. The quantitative estimate of drug-likeness (QED) is 0.491. The molecule has 0 heterocycles. The number of hydrogen-bond acceptors (Lipinski definition) is 4. The summed E-state index contributed by atoms with van der Waals surface area (Å²) in [5.74, 6) is 1.54. The Balaban J connectivity index is 1.79. The summed E-state index contributed by atoms with van der Waals surface area (Å²) in [4.78, 5) is 0. The number of phosphoric ester groups is 1. The standard InChI is InChI=1S/C18H19O4P/c1-15(16-9-8-10-16)20-23(19,21-17-11-4-2-5-12-17)22-18-13-6-3-7-14-18/h2-7,11-14,16H,1,8-10H2. The van der Waals surface area contributed by atoms with Crippen LogP contribution in [0, 0.1) is 5.92 Å². The Bertz CT molecular complexity index is 650. The summed E-state index contributed by atoms with van der Waals surface area (Å²) < 4.78 is 29.7. The van der Waals surface area contributed by atoms with Crippen molar-refractivity contribution in [2.75, 3.05) is 0 Å². The third-order valence-corrected chi connectivity index (χ3v) is 5.04. The number of rotatable bonds is 7. The molecule has 23 heavy (non-hydrogen) atoms. The monoisotopic (exact) mass is 330 g/mol. The third-order valence-electron chi connectivity index (χ3n) is 3.71. The van der Waals surface area contributed by atoms with E-state index in [1.807, 2.05) is 12.1 Å². The Morgan fingerprint density at radius 3 is 1.78 bits per heavy atom. The first-order valence-electron chi connectivity index (χ1n) is 7.62. The molecule has 0 aromatic heterocycles. The molecule has 0 saturated heterocycles. The van der Waals surface area contributed by atoms with Gasteiger partial charge in [-0.2, -0.15) is 4.57 Å². The highest BCUT2D eigenvalue weighted by molar-refractivity contribution is 7.49. The van der Waals surface area contributed by atoms with Crippen molar-refractivity contribution >= 4 is 7.82 Å². The maximum atomic E-state index is 13.1. The zero-order valence-electron chi connectivity index (χ0n) is 12.8. The Kier molecular flexibility index (Phi) is 4.73. The fourth-order valence-corrected chi connectivity index (χ4v) is 3.53. The summed E-state index contributed by atoms with van der Waals surface area (Å²) in [6.07, 6.45) is 3.13. The van der Waals surface area contributed by atoms with Gasteiger partial charge in [-0.15, -0.1) is 0 Å². The minimum Gasteiger partial charge on any atom is -0.391 e. The van der Waals surface area contributed by atoms with Crippen molar-refractivity contribution in [2.24, 2.45) is 5.92 Å². The molecule has 2 aromatic rings. The Morgan fingerprint density at radius 2 is 1.39 bits per heavy atom. The van der Waals surface area contributed by atoms with Crippen molar-refractivity contribution in [1.29, 1.82) is 0 Å². The summed E-state index contributed by atoms with van der Waals surface area (Å²) in [6.45, 7) is 3.89. The molecule has 0 unspecified atom stereocenters. The van der Waals surface area contributed by atoms with Crippen LogP contribution in [-0.2, 0) is 9.09 Å². The summed E-state index contributed by atoms with van der Waals surface area (Å²) >= 11 is 0. The highest BCUT2D eigenvalue weighted by atomic mass is 31.2. The molecule has 5 heteroatoms. The van der Waals surface area contributed by atoms with Crippen LogP contribution in [-0.4, -0.2) is 0 Å². The molecule has 0 spiro atoms. The van der Waals surface area contributed by atoms with E-state index in [0.717, 1.165) is 19.3 Å². The molecule has 0 amide bonds. The van der Waals surface area contributed by atoms with Gasteiger partial charge < -0.3 is 13.6 Å². The molecule has 4 nitrogen and oxygen atoms in total. The SMILES string of the molecule is C=C(OP(=O)(Oc1ccccc1)Oc1ccccc1)C1CCC1. The average Bonchev–Trinajstić information content (AvgIpc) is 2.46. The van der Waals surface area contributed by atoms with E-state index in [4.69, 9.17) is 13.6 Å². The number of benzene rings is 2. The molecular formula is C18H19O4P. The molecule has 1 fully saturated rings. The first-order valence-corrected chi connectivity index (χ1v) is 9.08. The van der Waals surface area contributed by atoms with Crippen LogP contribution in [0.25, 0.3) is 0 Å². The van der Waals surface area contributed by atoms with Gasteiger partial charge in [0.05, 0.1) is 0 Å². The van der Waals surface area contributed by atoms with E-state index in [-0.39, 0.29) is 5.92 Å². The smallest absolute Gasteiger partial charge is 0.391 e. The second-order valence-electron chi connectivity index (χ2n) is 5.44. The predicted molar refractivity (Wildman–Crippen MR) is 89.3 cm³/mol. The molecule has 2 aromatic carbocycles. The van der Waals surface area contributed by atoms with Crippen molar-refractivity contribution in [2.45, 2.75) is 19.3 Å². The van der Waals surface area contributed by atoms with Crippen LogP contribution < -0.4 is 9.05 Å². The first-order chi connectivity index (χ1) is 11.1. The van der Waals surface area contributed by atoms with E-state index in [1.165, 1.54) is 0 Å². The Morgan fingerprint density at radius 1 is 0.913 bits per heavy atom. The van der Waals surface area contributed by atoms with Gasteiger partial charge in [0.2, 0.25) is 0 Å². The van der Waals surface area contributed by atoms with Crippen molar-refractivity contribution in [3.63, 3.8) is 0 Å². The summed E-state index contributed by atoms with van der Waals surface area (Å²) in [5, 5.41) is 0. The fourth-order valence-electron chi connectivity index (χ4n) is 2.23. The molecule has 0 aliphatic heterocycles. The lowest BCUT2D eigenvalue weighted by Crippen LogP contribution is -2.16. The van der Waals surface area contributed by atoms with Gasteiger partial charge in [-0.05, 0) is 37.1 Å². The van der Waals surface area contributed by atoms with Crippen molar-refractivity contribution in [3.8, 4) is 11.5 Å². The summed E-state index contributed by atoms with van der Waals surface area (Å²) in [7, 11) is -3.85. The largest absolute Gasteiger partial charge is 0.646 e. The zero-order valence-corrected chi connectivity index (χ0v) is 13.7. The number of para-hydroxylation sites is 2. The van der Waals surface area contributed by atoms with Gasteiger partial charge >= 0.3 is 7.82 Å². The maximum absolute atomic E-state index is 13.1. The molecule has 3 rings (SSSR count). The predicted octanol–water partition coefficient (Wildman–Crippen LogP) is 5.58. The second kappa shape index (κ2) is 6.93. The van der Waals surface area contributed by atoms with Crippen molar-refractivity contribution in [3.05, 3.63) is 73.0 Å². The lowest BCUT2D eigenvalue weighted by molar-refractivity contribution is 0.204. The van der Waals surface area contributed by atoms with Gasteiger partial charge in [0.15, 0.2) is 0 Å². The van der Waals surface area contributed by atoms with Crippen molar-refractivity contribution in [1.82, 2.24) is 0 Å². The van der Waals surface area contributed by atoms with Gasteiger partial charge in [0.1, 0.15) is 17.3 Å². The van der Waals surface area contributed by atoms with Gasteiger partial charge in [-0.1, -0.05) is 49.4 Å². The van der Waals surface area contributed by atoms with E-state index in [0.29, 0.717) is 17.3 Å². The number of hydrogen-bond donors (Lipinski definition) is 0. The van der Waals surface area contributed by atoms with Crippen LogP contribution in [0.1, 0.15) is 19.3 Å². The summed E-state index contributed by atoms with van der Waals surface area (Å²) in [5.41, 5.74) is 0. The lowest BCUT2D eigenvalue weighted by atomic mass is 9.84. The van der Waals surface area contributed by atoms with Crippen LogP contribution in [0.4, 0.5) is 0 Å². The van der Waals surface area contributed by atoms with E-state index in [2.05, 4.69) is 6.58 Å². The van der Waals surface area contributed by atoms with Crippen LogP contribution in [0.3, 0.4) is 0 Å². The van der Waals surface area contributed by atoms with Crippen LogP contribution in [0.5, 0.6) is 11.5 Å². The summed E-state index contributed by atoms with van der Waals surface area (Å²) in [6, 6.07) is 17.7. The van der Waals surface area contributed by atoms with Gasteiger partial charge in [0, 0.05) is 5.92 Å². The normalized spacial score (nSPS) is 14.6. The molecule has 0 N–H and O–H groups in total. The highest BCUT2D eigenvalue weighted by Gasteiger charge is 2.36. The topological polar surface area (TPSA) is 44.8 Å². The van der Waals surface area contributed by atoms with Gasteiger partial charge in [-0.25, -0.2) is 0 Å². The van der Waals surface area contributed by atoms with Crippen molar-refractivity contribution < 1.29 is 18.1 Å². The molecular weight excluding hydrogens is 311 g/mol. The fraction of sp³-hybridized carbons (Fsp3) is 0.222. The number of phosphoric acid groups is 1. The first kappa shape index (κ1) is 15.7. The van der Waals surface area contributed by atoms with E-state index in [1.54, 1.807) is 48.5 Å². The zero-order chi connectivity index (χ0) is 16.1. The maximum Gasteiger partial charge on any atom is 0.646 e. The van der Waals surface area contributed by atoms with Gasteiger partial charge in [0.25, 0.3) is 0 Å². The lowest BCUT2D eigenvalue weighted by Gasteiger charge is -2.29. The number of allylic oxidation sites excluding steroid dienone is 1. The van der Waals surface area contributed by atoms with Crippen LogP contribution in [0.15, 0.2) is 73.0 Å². The van der Waals surface area contributed by atoms with E-state index >= 15 is 0 Å².